The Balaban J connectivity index is 1.75. The molecular formula is C20H20N6O3. The van der Waals surface area contributed by atoms with Crippen molar-refractivity contribution in [3.63, 3.8) is 0 Å². The number of rotatable bonds is 6. The van der Waals surface area contributed by atoms with Crippen molar-refractivity contribution in [1.82, 2.24) is 19.9 Å². The Morgan fingerprint density at radius 1 is 0.966 bits per heavy atom. The monoisotopic (exact) mass is 392 g/mol. The van der Waals surface area contributed by atoms with Crippen LogP contribution in [0.2, 0.25) is 0 Å². The third-order valence-electron chi connectivity index (χ3n) is 4.38. The second-order valence-corrected chi connectivity index (χ2v) is 6.17. The van der Waals surface area contributed by atoms with Crippen molar-refractivity contribution in [2.45, 2.75) is 0 Å². The molecular weight excluding hydrogens is 372 g/mol. The zero-order valence-electron chi connectivity index (χ0n) is 16.2. The molecule has 9 nitrogen and oxygen atoms in total. The van der Waals surface area contributed by atoms with E-state index in [9.17, 15) is 0 Å². The third kappa shape index (κ3) is 3.45. The van der Waals surface area contributed by atoms with Gasteiger partial charge >= 0.3 is 0 Å². The highest BCUT2D eigenvalue weighted by Crippen LogP contribution is 2.40. The number of hydrogen-bond donors (Lipinski definition) is 3. The van der Waals surface area contributed by atoms with Gasteiger partial charge in [0.05, 0.1) is 21.3 Å². The summed E-state index contributed by atoms with van der Waals surface area (Å²) in [5.74, 6) is 2.79. The maximum absolute atomic E-state index is 5.88. The largest absolute Gasteiger partial charge is 0.493 e. The van der Waals surface area contributed by atoms with E-state index < -0.39 is 0 Å². The molecule has 29 heavy (non-hydrogen) atoms. The molecule has 0 aliphatic rings. The fourth-order valence-corrected chi connectivity index (χ4v) is 3.04. The maximum Gasteiger partial charge on any atom is 0.203 e. The quantitative estimate of drug-likeness (QED) is 0.427. The van der Waals surface area contributed by atoms with Crippen LogP contribution in [0.4, 0.5) is 17.2 Å². The standard InChI is InChI=1S/C20H20N6O3/c1-27-14-8-13(9-15(28-2)17(14)29-3)24-19-16-20(23-10-22-19)26-18(25-16)11-5-4-6-12(21)7-11/h4-10H,21H2,1-3H3,(H2,22,23,24,25,26). The van der Waals surface area contributed by atoms with Gasteiger partial charge in [-0.05, 0) is 12.1 Å². The number of fused-ring (bicyclic) bond motifs is 1. The van der Waals surface area contributed by atoms with Gasteiger partial charge in [0.25, 0.3) is 0 Å². The smallest absolute Gasteiger partial charge is 0.203 e. The molecule has 2 heterocycles. The number of hydrogen-bond acceptors (Lipinski definition) is 8. The molecule has 2 aromatic carbocycles. The lowest BCUT2D eigenvalue weighted by Gasteiger charge is -2.14. The Labute approximate surface area is 166 Å². The SMILES string of the molecule is COc1cc(Nc2ncnc3nc(-c4cccc(N)c4)[nH]c23)cc(OC)c1OC. The lowest BCUT2D eigenvalue weighted by atomic mass is 10.2. The van der Waals surface area contributed by atoms with E-state index in [1.54, 1.807) is 33.5 Å². The van der Waals surface area contributed by atoms with Crippen molar-refractivity contribution >= 4 is 28.4 Å². The molecule has 0 saturated heterocycles. The fraction of sp³-hybridized carbons (Fsp3) is 0.150. The van der Waals surface area contributed by atoms with Crippen LogP contribution in [-0.2, 0) is 0 Å². The summed E-state index contributed by atoms with van der Waals surface area (Å²) in [6.07, 6.45) is 1.45. The molecule has 0 aliphatic heterocycles. The number of methoxy groups -OCH3 is 3. The van der Waals surface area contributed by atoms with Crippen LogP contribution >= 0.6 is 0 Å². The van der Waals surface area contributed by atoms with E-state index in [1.165, 1.54) is 6.33 Å². The van der Waals surface area contributed by atoms with Crippen LogP contribution in [0, 0.1) is 0 Å². The first-order chi connectivity index (χ1) is 14.1. The molecule has 0 fully saturated rings. The number of benzene rings is 2. The van der Waals surface area contributed by atoms with Crippen molar-refractivity contribution in [2.75, 3.05) is 32.4 Å². The van der Waals surface area contributed by atoms with Crippen LogP contribution in [-0.4, -0.2) is 41.3 Å². The van der Waals surface area contributed by atoms with E-state index in [0.29, 0.717) is 51.4 Å². The van der Waals surface area contributed by atoms with Crippen molar-refractivity contribution in [3.8, 4) is 28.6 Å². The minimum absolute atomic E-state index is 0.513. The van der Waals surface area contributed by atoms with Crippen molar-refractivity contribution in [2.24, 2.45) is 0 Å². The molecule has 0 unspecified atom stereocenters. The van der Waals surface area contributed by atoms with Gasteiger partial charge in [-0.15, -0.1) is 0 Å². The highest BCUT2D eigenvalue weighted by molar-refractivity contribution is 5.88. The topological polar surface area (TPSA) is 120 Å². The van der Waals surface area contributed by atoms with Gasteiger partial charge in [-0.3, -0.25) is 0 Å². The second-order valence-electron chi connectivity index (χ2n) is 6.17. The molecule has 0 amide bonds. The maximum atomic E-state index is 5.88. The molecule has 0 bridgehead atoms. The molecule has 0 aliphatic carbocycles. The minimum Gasteiger partial charge on any atom is -0.493 e. The normalized spacial score (nSPS) is 10.7. The van der Waals surface area contributed by atoms with Gasteiger partial charge < -0.3 is 30.2 Å². The summed E-state index contributed by atoms with van der Waals surface area (Å²) in [5.41, 5.74) is 9.31. The van der Waals surface area contributed by atoms with Gasteiger partial charge in [0.15, 0.2) is 23.0 Å². The summed E-state index contributed by atoms with van der Waals surface area (Å²) >= 11 is 0. The number of anilines is 3. The van der Waals surface area contributed by atoms with Crippen LogP contribution in [0.3, 0.4) is 0 Å². The molecule has 0 atom stereocenters. The summed E-state index contributed by atoms with van der Waals surface area (Å²) in [6.45, 7) is 0. The van der Waals surface area contributed by atoms with E-state index in [2.05, 4.69) is 25.3 Å². The lowest BCUT2D eigenvalue weighted by Crippen LogP contribution is -1.99. The molecule has 2 aromatic heterocycles. The van der Waals surface area contributed by atoms with Gasteiger partial charge in [-0.25, -0.2) is 15.0 Å². The molecule has 9 heteroatoms. The van der Waals surface area contributed by atoms with Gasteiger partial charge in [-0.1, -0.05) is 12.1 Å². The van der Waals surface area contributed by atoms with Crippen LogP contribution < -0.4 is 25.3 Å². The van der Waals surface area contributed by atoms with Gasteiger partial charge in [0, 0.05) is 29.1 Å². The third-order valence-corrected chi connectivity index (χ3v) is 4.38. The molecule has 0 spiro atoms. The number of H-pyrrole nitrogens is 1. The summed E-state index contributed by atoms with van der Waals surface area (Å²) in [7, 11) is 4.69. The fourth-order valence-electron chi connectivity index (χ4n) is 3.04. The van der Waals surface area contributed by atoms with Crippen molar-refractivity contribution in [3.05, 3.63) is 42.7 Å². The highest BCUT2D eigenvalue weighted by Gasteiger charge is 2.16. The van der Waals surface area contributed by atoms with Crippen LogP contribution in [0.1, 0.15) is 0 Å². The average Bonchev–Trinajstić information content (AvgIpc) is 3.18. The molecule has 4 N–H and O–H groups in total. The van der Waals surface area contributed by atoms with E-state index in [1.807, 2.05) is 24.3 Å². The van der Waals surface area contributed by atoms with E-state index in [4.69, 9.17) is 19.9 Å². The van der Waals surface area contributed by atoms with Crippen LogP contribution in [0.15, 0.2) is 42.7 Å². The van der Waals surface area contributed by atoms with E-state index in [0.717, 1.165) is 5.56 Å². The molecule has 4 rings (SSSR count). The summed E-state index contributed by atoms with van der Waals surface area (Å²) in [6, 6.07) is 11.1. The van der Waals surface area contributed by atoms with Gasteiger partial charge in [-0.2, -0.15) is 0 Å². The number of nitrogens with two attached hydrogens (primary N) is 1. The summed E-state index contributed by atoms with van der Waals surface area (Å²) in [5, 5.41) is 3.26. The predicted molar refractivity (Wildman–Crippen MR) is 111 cm³/mol. The number of aromatic nitrogens is 4. The van der Waals surface area contributed by atoms with Crippen molar-refractivity contribution in [1.29, 1.82) is 0 Å². The summed E-state index contributed by atoms with van der Waals surface area (Å²) in [4.78, 5) is 16.4. The number of nitrogens with zero attached hydrogens (tertiary/aromatic N) is 3. The number of nitrogen functional groups attached to an aromatic ring is 1. The number of nitrogens with one attached hydrogen (secondary N) is 2. The van der Waals surface area contributed by atoms with E-state index >= 15 is 0 Å². The highest BCUT2D eigenvalue weighted by atomic mass is 16.5. The Morgan fingerprint density at radius 2 is 1.72 bits per heavy atom. The molecule has 0 saturated carbocycles. The van der Waals surface area contributed by atoms with Gasteiger partial charge in [0.2, 0.25) is 5.75 Å². The van der Waals surface area contributed by atoms with Crippen LogP contribution in [0.25, 0.3) is 22.6 Å². The Bertz CT molecular complexity index is 1150. The lowest BCUT2D eigenvalue weighted by molar-refractivity contribution is 0.324. The van der Waals surface area contributed by atoms with Gasteiger partial charge in [0.1, 0.15) is 17.7 Å². The zero-order valence-corrected chi connectivity index (χ0v) is 16.2. The first kappa shape index (κ1) is 18.4. The van der Waals surface area contributed by atoms with Crippen LogP contribution in [0.5, 0.6) is 17.2 Å². The molecule has 148 valence electrons. The minimum atomic E-state index is 0.513. The number of aromatic amines is 1. The predicted octanol–water partition coefficient (Wildman–Crippen LogP) is 3.37. The first-order valence-electron chi connectivity index (χ1n) is 8.76. The van der Waals surface area contributed by atoms with E-state index in [-0.39, 0.29) is 0 Å². The second kappa shape index (κ2) is 7.55. The van der Waals surface area contributed by atoms with Crippen molar-refractivity contribution < 1.29 is 14.2 Å². The molecule has 0 radical (unpaired) electrons. The zero-order chi connectivity index (χ0) is 20.4. The Kier molecular flexibility index (Phi) is 4.78. The number of ether oxygens (including phenoxy) is 3. The Hall–Kier alpha value is -4.01. The number of imidazole rings is 1. The molecule has 4 aromatic rings. The average molecular weight is 392 g/mol. The first-order valence-corrected chi connectivity index (χ1v) is 8.76. The Morgan fingerprint density at radius 3 is 2.38 bits per heavy atom. The summed E-state index contributed by atoms with van der Waals surface area (Å²) < 4.78 is 16.2.